The standard InChI is InChI=1S/C10H22O.5CH4/c1-5-10(7-9(3)4)8-11-6-2;;;;;/h9-10H,5-8H2,1-4H3;5*1H4. The number of rotatable bonds is 6. The lowest BCUT2D eigenvalue weighted by Gasteiger charge is -2.16. The van der Waals surface area contributed by atoms with Crippen molar-refractivity contribution in [2.24, 2.45) is 11.8 Å². The van der Waals surface area contributed by atoms with Crippen LogP contribution in [0.2, 0.25) is 0 Å². The second-order valence-corrected chi connectivity index (χ2v) is 3.56. The van der Waals surface area contributed by atoms with Crippen molar-refractivity contribution in [1.29, 1.82) is 0 Å². The van der Waals surface area contributed by atoms with E-state index in [1.165, 1.54) is 12.8 Å². The SMILES string of the molecule is C.C.C.C.C.CCOCC(CC)CC(C)C. The van der Waals surface area contributed by atoms with Crippen molar-refractivity contribution in [3.8, 4) is 0 Å². The van der Waals surface area contributed by atoms with Crippen molar-refractivity contribution < 1.29 is 4.74 Å². The largest absolute Gasteiger partial charge is 0.381 e. The van der Waals surface area contributed by atoms with Gasteiger partial charge in [-0.2, -0.15) is 0 Å². The Kier molecular flexibility index (Phi) is 54.6. The lowest BCUT2D eigenvalue weighted by atomic mass is 9.96. The highest BCUT2D eigenvalue weighted by atomic mass is 16.5. The molecular formula is C15H42O. The summed E-state index contributed by atoms with van der Waals surface area (Å²) < 4.78 is 5.39. The third-order valence-electron chi connectivity index (χ3n) is 1.94. The second-order valence-electron chi connectivity index (χ2n) is 3.56. The maximum atomic E-state index is 5.39. The summed E-state index contributed by atoms with van der Waals surface area (Å²) in [7, 11) is 0. The Hall–Kier alpha value is -0.0400. The molecule has 0 heterocycles. The zero-order chi connectivity index (χ0) is 8.69. The molecule has 108 valence electrons. The van der Waals surface area contributed by atoms with E-state index in [2.05, 4.69) is 27.7 Å². The minimum atomic E-state index is 0. The highest BCUT2D eigenvalue weighted by Crippen LogP contribution is 2.14. The predicted molar refractivity (Wildman–Crippen MR) is 83.4 cm³/mol. The lowest BCUT2D eigenvalue weighted by molar-refractivity contribution is 0.100. The highest BCUT2D eigenvalue weighted by molar-refractivity contribution is 4.58. The summed E-state index contributed by atoms with van der Waals surface area (Å²) in [5, 5.41) is 0. The van der Waals surface area contributed by atoms with Crippen LogP contribution in [0.5, 0.6) is 0 Å². The highest BCUT2D eigenvalue weighted by Gasteiger charge is 2.07. The summed E-state index contributed by atoms with van der Waals surface area (Å²) in [5.41, 5.74) is 0. The molecule has 0 aliphatic carbocycles. The third-order valence-corrected chi connectivity index (χ3v) is 1.94. The maximum Gasteiger partial charge on any atom is 0.0494 e. The van der Waals surface area contributed by atoms with Crippen molar-refractivity contribution in [1.82, 2.24) is 0 Å². The van der Waals surface area contributed by atoms with Crippen molar-refractivity contribution in [2.45, 2.75) is 77.7 Å². The van der Waals surface area contributed by atoms with Gasteiger partial charge in [0.2, 0.25) is 0 Å². The van der Waals surface area contributed by atoms with Crippen molar-refractivity contribution in [3.05, 3.63) is 0 Å². The average Bonchev–Trinajstić information content (AvgIpc) is 1.97. The third kappa shape index (κ3) is 23.6. The summed E-state index contributed by atoms with van der Waals surface area (Å²) in [6.07, 6.45) is 2.55. The first-order valence-corrected chi connectivity index (χ1v) is 4.78. The van der Waals surface area contributed by atoms with Gasteiger partial charge < -0.3 is 4.74 Å². The summed E-state index contributed by atoms with van der Waals surface area (Å²) in [4.78, 5) is 0. The smallest absolute Gasteiger partial charge is 0.0494 e. The molecule has 1 unspecified atom stereocenters. The Labute approximate surface area is 108 Å². The molecule has 0 fully saturated rings. The molecule has 0 aliphatic rings. The van der Waals surface area contributed by atoms with Gasteiger partial charge in [-0.05, 0) is 25.2 Å². The molecule has 1 nitrogen and oxygen atoms in total. The first-order valence-electron chi connectivity index (χ1n) is 4.78. The fourth-order valence-electron chi connectivity index (χ4n) is 1.30. The fourth-order valence-corrected chi connectivity index (χ4v) is 1.30. The molecule has 0 saturated heterocycles. The molecule has 1 atom stereocenters. The van der Waals surface area contributed by atoms with E-state index in [4.69, 9.17) is 4.74 Å². The fraction of sp³-hybridized carbons (Fsp3) is 1.00. The van der Waals surface area contributed by atoms with Gasteiger partial charge in [0.1, 0.15) is 0 Å². The molecule has 0 rings (SSSR count). The van der Waals surface area contributed by atoms with E-state index in [1.807, 2.05) is 0 Å². The minimum Gasteiger partial charge on any atom is -0.381 e. The average molecular weight is 238 g/mol. The topological polar surface area (TPSA) is 9.23 Å². The van der Waals surface area contributed by atoms with Crippen LogP contribution < -0.4 is 0 Å². The molecule has 1 heteroatoms. The van der Waals surface area contributed by atoms with Gasteiger partial charge >= 0.3 is 0 Å². The minimum absolute atomic E-state index is 0. The van der Waals surface area contributed by atoms with Gasteiger partial charge in [0, 0.05) is 13.2 Å². The van der Waals surface area contributed by atoms with Crippen LogP contribution in [-0.2, 0) is 4.74 Å². The number of hydrogen-bond acceptors (Lipinski definition) is 1. The summed E-state index contributed by atoms with van der Waals surface area (Å²) >= 11 is 0. The second kappa shape index (κ2) is 24.3. The van der Waals surface area contributed by atoms with Crippen LogP contribution >= 0.6 is 0 Å². The molecule has 0 N–H and O–H groups in total. The van der Waals surface area contributed by atoms with Crippen LogP contribution in [0.4, 0.5) is 0 Å². The van der Waals surface area contributed by atoms with E-state index in [9.17, 15) is 0 Å². The van der Waals surface area contributed by atoms with E-state index in [-0.39, 0.29) is 37.1 Å². The Morgan fingerprint density at radius 3 is 1.56 bits per heavy atom. The molecule has 0 spiro atoms. The van der Waals surface area contributed by atoms with E-state index in [0.29, 0.717) is 0 Å². The van der Waals surface area contributed by atoms with Gasteiger partial charge in [-0.25, -0.2) is 0 Å². The maximum absolute atomic E-state index is 5.39. The zero-order valence-electron chi connectivity index (χ0n) is 8.39. The van der Waals surface area contributed by atoms with Crippen molar-refractivity contribution in [2.75, 3.05) is 13.2 Å². The van der Waals surface area contributed by atoms with Crippen molar-refractivity contribution >= 4 is 0 Å². The molecule has 0 saturated carbocycles. The van der Waals surface area contributed by atoms with Gasteiger partial charge in [-0.1, -0.05) is 64.3 Å². The molecule has 0 aromatic heterocycles. The quantitative estimate of drug-likeness (QED) is 0.529. The molecule has 16 heavy (non-hydrogen) atoms. The first-order chi connectivity index (χ1) is 5.20. The van der Waals surface area contributed by atoms with Crippen LogP contribution in [0.3, 0.4) is 0 Å². The molecule has 0 aromatic rings. The Balaban J connectivity index is -0.0000000500. The van der Waals surface area contributed by atoms with E-state index < -0.39 is 0 Å². The van der Waals surface area contributed by atoms with Gasteiger partial charge in [0.05, 0.1) is 0 Å². The van der Waals surface area contributed by atoms with E-state index in [0.717, 1.165) is 25.0 Å². The van der Waals surface area contributed by atoms with Crippen LogP contribution in [-0.4, -0.2) is 13.2 Å². The Morgan fingerprint density at radius 2 is 1.31 bits per heavy atom. The van der Waals surface area contributed by atoms with E-state index >= 15 is 0 Å². The molecule has 0 radical (unpaired) electrons. The lowest BCUT2D eigenvalue weighted by Crippen LogP contribution is -2.11. The zero-order valence-corrected chi connectivity index (χ0v) is 8.39. The number of ether oxygens (including phenoxy) is 1. The first kappa shape index (κ1) is 36.0. The molecule has 0 bridgehead atoms. The predicted octanol–water partition coefficient (Wildman–Crippen LogP) is 6.28. The van der Waals surface area contributed by atoms with Crippen molar-refractivity contribution in [3.63, 3.8) is 0 Å². The van der Waals surface area contributed by atoms with E-state index in [1.54, 1.807) is 0 Å². The van der Waals surface area contributed by atoms with Crippen LogP contribution in [0.25, 0.3) is 0 Å². The Bertz CT molecular complexity index is 79.5. The van der Waals surface area contributed by atoms with Crippen LogP contribution in [0.1, 0.15) is 77.7 Å². The number of hydrogen-bond donors (Lipinski definition) is 0. The summed E-state index contributed by atoms with van der Waals surface area (Å²) in [6.45, 7) is 10.6. The Morgan fingerprint density at radius 1 is 0.875 bits per heavy atom. The van der Waals surface area contributed by atoms with Gasteiger partial charge in [-0.3, -0.25) is 0 Å². The van der Waals surface area contributed by atoms with Gasteiger partial charge in [0.15, 0.2) is 0 Å². The normalized spacial score (nSPS) is 9.56. The molecule has 0 amide bonds. The van der Waals surface area contributed by atoms with Crippen LogP contribution in [0.15, 0.2) is 0 Å². The van der Waals surface area contributed by atoms with Gasteiger partial charge in [-0.15, -0.1) is 0 Å². The molecular weight excluding hydrogens is 196 g/mol. The van der Waals surface area contributed by atoms with Gasteiger partial charge in [0.25, 0.3) is 0 Å². The summed E-state index contributed by atoms with van der Waals surface area (Å²) in [5.74, 6) is 1.58. The monoisotopic (exact) mass is 238 g/mol. The molecule has 0 aromatic carbocycles. The van der Waals surface area contributed by atoms with Crippen LogP contribution in [0, 0.1) is 11.8 Å². The summed E-state index contributed by atoms with van der Waals surface area (Å²) in [6, 6.07) is 0. The molecule has 0 aliphatic heterocycles.